The second-order valence-electron chi connectivity index (χ2n) is 5.67. The Morgan fingerprint density at radius 2 is 1.90 bits per heavy atom. The van der Waals surface area contributed by atoms with Crippen LogP contribution in [-0.4, -0.2) is 25.3 Å². The number of nitriles is 1. The highest BCUT2D eigenvalue weighted by molar-refractivity contribution is 7.89. The lowest BCUT2D eigenvalue weighted by atomic mass is 10.1. The minimum absolute atomic E-state index is 0.161. The average molecular weight is 292 g/mol. The third kappa shape index (κ3) is 3.38. The van der Waals surface area contributed by atoms with Crippen molar-refractivity contribution < 1.29 is 8.42 Å². The summed E-state index contributed by atoms with van der Waals surface area (Å²) in [5, 5.41) is 8.77. The highest BCUT2D eigenvalue weighted by atomic mass is 32.2. The molecule has 0 unspecified atom stereocenters. The lowest BCUT2D eigenvalue weighted by Gasteiger charge is -2.22. The standard InChI is InChI=1S/C15H20N2O2S/c1-12(2)9-10-17(14-5-6-14)20(18,19)15-7-3-13(11-16)4-8-15/h3-4,7-8,12,14H,5-6,9-10H2,1-2H3. The Hall–Kier alpha value is -1.38. The molecule has 0 saturated heterocycles. The summed E-state index contributed by atoms with van der Waals surface area (Å²) in [6.45, 7) is 4.77. The van der Waals surface area contributed by atoms with E-state index in [2.05, 4.69) is 13.8 Å². The van der Waals surface area contributed by atoms with E-state index in [4.69, 9.17) is 5.26 Å². The molecule has 0 radical (unpaired) electrons. The van der Waals surface area contributed by atoms with E-state index in [0.29, 0.717) is 18.0 Å². The van der Waals surface area contributed by atoms with Crippen LogP contribution in [0.25, 0.3) is 0 Å². The van der Waals surface area contributed by atoms with Crippen molar-refractivity contribution in [1.82, 2.24) is 4.31 Å². The maximum absolute atomic E-state index is 12.7. The van der Waals surface area contributed by atoms with E-state index in [-0.39, 0.29) is 10.9 Å². The van der Waals surface area contributed by atoms with Gasteiger partial charge in [0.25, 0.3) is 0 Å². The van der Waals surface area contributed by atoms with Crippen molar-refractivity contribution in [3.63, 3.8) is 0 Å². The van der Waals surface area contributed by atoms with Gasteiger partial charge in [-0.2, -0.15) is 9.57 Å². The van der Waals surface area contributed by atoms with Crippen LogP contribution in [0, 0.1) is 17.2 Å². The van der Waals surface area contributed by atoms with E-state index in [9.17, 15) is 8.42 Å². The number of benzene rings is 1. The molecule has 0 aliphatic heterocycles. The molecule has 1 aliphatic carbocycles. The molecule has 0 spiro atoms. The van der Waals surface area contributed by atoms with E-state index in [1.807, 2.05) is 6.07 Å². The third-order valence-corrected chi connectivity index (χ3v) is 5.44. The van der Waals surface area contributed by atoms with Crippen molar-refractivity contribution in [2.45, 2.75) is 44.0 Å². The maximum Gasteiger partial charge on any atom is 0.243 e. The van der Waals surface area contributed by atoms with E-state index in [1.54, 1.807) is 16.4 Å². The SMILES string of the molecule is CC(C)CCN(C1CC1)S(=O)(=O)c1ccc(C#N)cc1. The summed E-state index contributed by atoms with van der Waals surface area (Å²) in [5.74, 6) is 0.479. The highest BCUT2D eigenvalue weighted by Gasteiger charge is 2.37. The van der Waals surface area contributed by atoms with Gasteiger partial charge in [0.15, 0.2) is 0 Å². The molecular formula is C15H20N2O2S. The Bertz CT molecular complexity index is 596. The van der Waals surface area contributed by atoms with E-state index in [1.165, 1.54) is 12.1 Å². The molecule has 1 saturated carbocycles. The zero-order valence-corrected chi connectivity index (χ0v) is 12.7. The topological polar surface area (TPSA) is 61.2 Å². The molecule has 0 amide bonds. The molecule has 2 rings (SSSR count). The van der Waals surface area contributed by atoms with Gasteiger partial charge in [-0.05, 0) is 49.4 Å². The fourth-order valence-corrected chi connectivity index (χ4v) is 3.78. The molecule has 108 valence electrons. The first kappa shape index (κ1) is 15.0. The van der Waals surface area contributed by atoms with Crippen LogP contribution < -0.4 is 0 Å². The van der Waals surface area contributed by atoms with Crippen LogP contribution >= 0.6 is 0 Å². The molecule has 20 heavy (non-hydrogen) atoms. The lowest BCUT2D eigenvalue weighted by Crippen LogP contribution is -2.34. The summed E-state index contributed by atoms with van der Waals surface area (Å²) in [6.07, 6.45) is 2.77. The molecule has 5 heteroatoms. The molecule has 0 atom stereocenters. The van der Waals surface area contributed by atoms with Crippen LogP contribution in [-0.2, 0) is 10.0 Å². The molecule has 0 N–H and O–H groups in total. The smallest absolute Gasteiger partial charge is 0.207 e. The van der Waals surface area contributed by atoms with E-state index >= 15 is 0 Å². The van der Waals surface area contributed by atoms with E-state index in [0.717, 1.165) is 19.3 Å². The van der Waals surface area contributed by atoms with Gasteiger partial charge >= 0.3 is 0 Å². The van der Waals surface area contributed by atoms with Gasteiger partial charge in [0.2, 0.25) is 10.0 Å². The third-order valence-electron chi connectivity index (χ3n) is 3.47. The highest BCUT2D eigenvalue weighted by Crippen LogP contribution is 2.32. The van der Waals surface area contributed by atoms with Crippen molar-refractivity contribution in [1.29, 1.82) is 5.26 Å². The van der Waals surface area contributed by atoms with Gasteiger partial charge in [-0.25, -0.2) is 8.42 Å². The van der Waals surface area contributed by atoms with Gasteiger partial charge in [-0.3, -0.25) is 0 Å². The Labute approximate surface area is 121 Å². The van der Waals surface area contributed by atoms with Crippen LogP contribution in [0.4, 0.5) is 0 Å². The molecule has 1 aliphatic rings. The van der Waals surface area contributed by atoms with Gasteiger partial charge in [0, 0.05) is 12.6 Å². The largest absolute Gasteiger partial charge is 0.243 e. The number of sulfonamides is 1. The Balaban J connectivity index is 2.23. The number of nitrogens with zero attached hydrogens (tertiary/aromatic N) is 2. The fourth-order valence-electron chi connectivity index (χ4n) is 2.08. The second kappa shape index (κ2) is 5.94. The minimum Gasteiger partial charge on any atom is -0.207 e. The number of rotatable bonds is 6. The summed E-state index contributed by atoms with van der Waals surface area (Å²) in [5.41, 5.74) is 0.476. The summed E-state index contributed by atoms with van der Waals surface area (Å²) in [7, 11) is -3.43. The molecule has 0 bridgehead atoms. The Kier molecular flexibility index (Phi) is 4.46. The van der Waals surface area contributed by atoms with Crippen LogP contribution in [0.2, 0.25) is 0 Å². The van der Waals surface area contributed by atoms with Crippen LogP contribution in [0.1, 0.15) is 38.7 Å². The second-order valence-corrected chi connectivity index (χ2v) is 7.56. The van der Waals surface area contributed by atoms with Crippen molar-refractivity contribution in [2.75, 3.05) is 6.54 Å². The first-order valence-corrected chi connectivity index (χ1v) is 8.41. The quantitative estimate of drug-likeness (QED) is 0.810. The normalized spacial score (nSPS) is 15.6. The molecule has 4 nitrogen and oxygen atoms in total. The molecular weight excluding hydrogens is 272 g/mol. The molecule has 0 aromatic heterocycles. The van der Waals surface area contributed by atoms with Crippen LogP contribution in [0.3, 0.4) is 0 Å². The summed E-state index contributed by atoms with van der Waals surface area (Å²) >= 11 is 0. The van der Waals surface area contributed by atoms with Crippen LogP contribution in [0.15, 0.2) is 29.2 Å². The summed E-state index contributed by atoms with van der Waals surface area (Å²) < 4.78 is 27.0. The lowest BCUT2D eigenvalue weighted by molar-refractivity contribution is 0.373. The van der Waals surface area contributed by atoms with Crippen molar-refractivity contribution in [3.05, 3.63) is 29.8 Å². The fraction of sp³-hybridized carbons (Fsp3) is 0.533. The van der Waals surface area contributed by atoms with E-state index < -0.39 is 10.0 Å². The predicted molar refractivity (Wildman–Crippen MR) is 77.5 cm³/mol. The van der Waals surface area contributed by atoms with Gasteiger partial charge in [0.05, 0.1) is 16.5 Å². The summed E-state index contributed by atoms with van der Waals surface area (Å²) in [4.78, 5) is 0.284. The van der Waals surface area contributed by atoms with Gasteiger partial charge in [-0.1, -0.05) is 13.8 Å². The molecule has 0 heterocycles. The summed E-state index contributed by atoms with van der Waals surface area (Å²) in [6, 6.07) is 8.33. The zero-order valence-electron chi connectivity index (χ0n) is 11.9. The average Bonchev–Trinajstić information content (AvgIpc) is 3.23. The monoisotopic (exact) mass is 292 g/mol. The first-order valence-electron chi connectivity index (χ1n) is 6.97. The maximum atomic E-state index is 12.7. The van der Waals surface area contributed by atoms with Gasteiger partial charge in [-0.15, -0.1) is 0 Å². The van der Waals surface area contributed by atoms with Crippen molar-refractivity contribution >= 4 is 10.0 Å². The van der Waals surface area contributed by atoms with Crippen LogP contribution in [0.5, 0.6) is 0 Å². The van der Waals surface area contributed by atoms with Gasteiger partial charge in [0.1, 0.15) is 0 Å². The molecule has 1 fully saturated rings. The van der Waals surface area contributed by atoms with Crippen molar-refractivity contribution in [2.24, 2.45) is 5.92 Å². The Morgan fingerprint density at radius 3 is 2.35 bits per heavy atom. The predicted octanol–water partition coefficient (Wildman–Crippen LogP) is 2.76. The number of hydrogen-bond acceptors (Lipinski definition) is 3. The van der Waals surface area contributed by atoms with Gasteiger partial charge < -0.3 is 0 Å². The minimum atomic E-state index is -3.43. The zero-order chi connectivity index (χ0) is 14.8. The van der Waals surface area contributed by atoms with Crippen molar-refractivity contribution in [3.8, 4) is 6.07 Å². The first-order chi connectivity index (χ1) is 9.45. The molecule has 1 aromatic carbocycles. The molecule has 1 aromatic rings. The Morgan fingerprint density at radius 1 is 1.30 bits per heavy atom. The number of hydrogen-bond donors (Lipinski definition) is 0.